The van der Waals surface area contributed by atoms with Gasteiger partial charge in [-0.1, -0.05) is 37.1 Å². The number of amidine groups is 1. The zero-order valence-corrected chi connectivity index (χ0v) is 21.2. The molecule has 1 aromatic heterocycles. The molecule has 1 saturated carbocycles. The van der Waals surface area contributed by atoms with Gasteiger partial charge in [-0.2, -0.15) is 0 Å². The Morgan fingerprint density at radius 2 is 1.86 bits per heavy atom. The van der Waals surface area contributed by atoms with E-state index in [4.69, 9.17) is 11.1 Å². The predicted octanol–water partition coefficient (Wildman–Crippen LogP) is 2.62. The molecule has 36 heavy (non-hydrogen) atoms. The molecule has 1 aliphatic carbocycles. The first-order valence-electron chi connectivity index (χ1n) is 11.2. The Hall–Kier alpha value is -3.44. The smallest absolute Gasteiger partial charge is 0.324 e. The van der Waals surface area contributed by atoms with Crippen LogP contribution in [0.25, 0.3) is 11.0 Å². The normalized spacial score (nSPS) is 14.8. The van der Waals surface area contributed by atoms with Crippen molar-refractivity contribution in [2.45, 2.75) is 37.4 Å². The van der Waals surface area contributed by atoms with Crippen molar-refractivity contribution in [3.63, 3.8) is 0 Å². The van der Waals surface area contributed by atoms with Crippen LogP contribution >= 0.6 is 12.4 Å². The Morgan fingerprint density at radius 1 is 1.22 bits per heavy atom. The van der Waals surface area contributed by atoms with Gasteiger partial charge < -0.3 is 15.4 Å². The molecule has 0 aliphatic heterocycles. The summed E-state index contributed by atoms with van der Waals surface area (Å²) in [6, 6.07) is 11.5. The first-order valence-corrected chi connectivity index (χ1v) is 12.8. The number of carboxylic acids is 1. The number of nitrogens with zero attached hydrogens (tertiary/aromatic N) is 2. The number of aliphatic carboxylic acids is 1. The zero-order valence-electron chi connectivity index (χ0n) is 19.6. The van der Waals surface area contributed by atoms with E-state index in [0.717, 1.165) is 18.4 Å². The highest BCUT2D eigenvalue weighted by Crippen LogP contribution is 2.32. The molecule has 1 unspecified atom stereocenters. The van der Waals surface area contributed by atoms with Crippen molar-refractivity contribution in [3.8, 4) is 0 Å². The number of carbonyl (C=O) groups is 1. The van der Waals surface area contributed by atoms with Gasteiger partial charge in [0, 0.05) is 19.0 Å². The molecule has 1 aliphatic rings. The van der Waals surface area contributed by atoms with E-state index in [1.54, 1.807) is 37.4 Å². The van der Waals surface area contributed by atoms with Crippen molar-refractivity contribution in [1.29, 1.82) is 5.41 Å². The number of benzene rings is 2. The van der Waals surface area contributed by atoms with Crippen molar-refractivity contribution in [2.75, 3.05) is 4.72 Å². The topological polar surface area (TPSA) is 168 Å². The second kappa shape index (κ2) is 10.7. The molecule has 192 valence electrons. The molecular formula is C24H28ClN5O5S. The van der Waals surface area contributed by atoms with E-state index < -0.39 is 27.2 Å². The molecule has 2 aromatic carbocycles. The van der Waals surface area contributed by atoms with Crippen molar-refractivity contribution >= 4 is 51.0 Å². The van der Waals surface area contributed by atoms with Crippen LogP contribution < -0.4 is 16.0 Å². The van der Waals surface area contributed by atoms with Gasteiger partial charge in [-0.25, -0.2) is 13.4 Å². The molecule has 0 saturated heterocycles. The number of halogens is 1. The van der Waals surface area contributed by atoms with Gasteiger partial charge in [-0.3, -0.25) is 19.7 Å². The summed E-state index contributed by atoms with van der Waals surface area (Å²) in [6.45, 7) is 0. The van der Waals surface area contributed by atoms with Crippen LogP contribution in [0.3, 0.4) is 0 Å². The molecule has 5 N–H and O–H groups in total. The van der Waals surface area contributed by atoms with Crippen LogP contribution in [0.15, 0.2) is 47.3 Å². The van der Waals surface area contributed by atoms with Gasteiger partial charge in [-0.05, 0) is 42.5 Å². The lowest BCUT2D eigenvalue weighted by molar-refractivity contribution is -0.137. The average Bonchev–Trinajstić information content (AvgIpc) is 3.30. The minimum Gasteiger partial charge on any atom is -0.480 e. The van der Waals surface area contributed by atoms with E-state index in [9.17, 15) is 23.1 Å². The number of aromatic nitrogens is 2. The van der Waals surface area contributed by atoms with Gasteiger partial charge in [0.25, 0.3) is 5.56 Å². The van der Waals surface area contributed by atoms with Crippen LogP contribution in [-0.4, -0.2) is 40.1 Å². The van der Waals surface area contributed by atoms with E-state index in [0.29, 0.717) is 29.4 Å². The Morgan fingerprint density at radius 3 is 2.44 bits per heavy atom. The minimum absolute atomic E-state index is 0. The lowest BCUT2D eigenvalue weighted by Gasteiger charge is -2.20. The molecule has 10 nitrogen and oxygen atoms in total. The Balaban J connectivity index is 0.00000361. The molecule has 1 fully saturated rings. The SMILES string of the molecule is Cl.Cn1c(=O)c(Cc2ccc(C(=N)N)cc2)nc2cc(NS(=O)(=O)C(C(=O)O)C3CCCC3)ccc21. The van der Waals surface area contributed by atoms with Gasteiger partial charge in [0.05, 0.1) is 16.7 Å². The monoisotopic (exact) mass is 533 g/mol. The fraction of sp³-hybridized carbons (Fsp3) is 0.333. The number of fused-ring (bicyclic) bond motifs is 1. The summed E-state index contributed by atoms with van der Waals surface area (Å²) in [5, 5.41) is 15.6. The van der Waals surface area contributed by atoms with Crippen LogP contribution in [0, 0.1) is 11.3 Å². The van der Waals surface area contributed by atoms with Crippen LogP contribution in [0.4, 0.5) is 5.69 Å². The summed E-state index contributed by atoms with van der Waals surface area (Å²) >= 11 is 0. The number of nitrogens with two attached hydrogens (primary N) is 1. The quantitative estimate of drug-likeness (QED) is 0.255. The van der Waals surface area contributed by atoms with E-state index >= 15 is 0 Å². The third-order valence-corrected chi connectivity index (χ3v) is 8.22. The molecule has 1 heterocycles. The van der Waals surface area contributed by atoms with Crippen molar-refractivity contribution in [2.24, 2.45) is 18.7 Å². The molecule has 1 atom stereocenters. The minimum atomic E-state index is -4.19. The Labute approximate surface area is 214 Å². The molecule has 4 rings (SSSR count). The van der Waals surface area contributed by atoms with Crippen LogP contribution in [0.2, 0.25) is 0 Å². The number of hydrogen-bond acceptors (Lipinski definition) is 6. The third kappa shape index (κ3) is 5.52. The van der Waals surface area contributed by atoms with Crippen LogP contribution in [-0.2, 0) is 28.3 Å². The number of carboxylic acid groups (broad SMARTS) is 1. The summed E-state index contributed by atoms with van der Waals surface area (Å²) in [6.07, 6.45) is 3.00. The summed E-state index contributed by atoms with van der Waals surface area (Å²) < 4.78 is 29.8. The van der Waals surface area contributed by atoms with Gasteiger partial charge >= 0.3 is 5.97 Å². The third-order valence-electron chi connectivity index (χ3n) is 6.45. The zero-order chi connectivity index (χ0) is 25.3. The maximum atomic E-state index is 13.0. The number of anilines is 1. The largest absolute Gasteiger partial charge is 0.480 e. The van der Waals surface area contributed by atoms with Crippen molar-refractivity contribution in [3.05, 3.63) is 69.6 Å². The second-order valence-corrected chi connectivity index (χ2v) is 10.7. The molecule has 0 radical (unpaired) electrons. The Kier molecular flexibility index (Phi) is 8.05. The number of rotatable bonds is 8. The first kappa shape index (κ1) is 27.2. The standard InChI is InChI=1S/C24H27N5O5S.ClH/c1-29-20-11-10-17(28-35(33,34)21(24(31)32)15-4-2-3-5-15)13-18(20)27-19(23(29)30)12-14-6-8-16(9-7-14)22(25)26;/h6-11,13,15,21,28H,2-5,12H2,1H3,(H3,25,26)(H,31,32);1H. The van der Waals surface area contributed by atoms with Crippen molar-refractivity contribution in [1.82, 2.24) is 9.55 Å². The Bertz CT molecular complexity index is 1460. The predicted molar refractivity (Wildman–Crippen MR) is 140 cm³/mol. The highest BCUT2D eigenvalue weighted by Gasteiger charge is 2.41. The summed E-state index contributed by atoms with van der Waals surface area (Å²) in [7, 11) is -2.58. The first-order chi connectivity index (χ1) is 16.6. The molecule has 12 heteroatoms. The number of nitrogen functional groups attached to an aromatic ring is 1. The van der Waals surface area contributed by atoms with Gasteiger partial charge in [0.1, 0.15) is 11.5 Å². The van der Waals surface area contributed by atoms with E-state index in [1.165, 1.54) is 16.7 Å². The number of aryl methyl sites for hydroxylation is 1. The molecule has 0 bridgehead atoms. The average molecular weight is 534 g/mol. The molecule has 3 aromatic rings. The fourth-order valence-electron chi connectivity index (χ4n) is 4.64. The van der Waals surface area contributed by atoms with Crippen LogP contribution in [0.1, 0.15) is 42.5 Å². The maximum absolute atomic E-state index is 13.0. The number of nitrogens with one attached hydrogen (secondary N) is 2. The summed E-state index contributed by atoms with van der Waals surface area (Å²) in [5.74, 6) is -1.83. The highest BCUT2D eigenvalue weighted by atomic mass is 35.5. The fourth-order valence-corrected chi connectivity index (χ4v) is 6.27. The maximum Gasteiger partial charge on any atom is 0.324 e. The molecule has 0 amide bonds. The molecule has 0 spiro atoms. The summed E-state index contributed by atoms with van der Waals surface area (Å²) in [4.78, 5) is 29.1. The van der Waals surface area contributed by atoms with Crippen molar-refractivity contribution < 1.29 is 18.3 Å². The van der Waals surface area contributed by atoms with Gasteiger partial charge in [-0.15, -0.1) is 12.4 Å². The lowest BCUT2D eigenvalue weighted by Crippen LogP contribution is -2.40. The lowest BCUT2D eigenvalue weighted by atomic mass is 10.0. The van der Waals surface area contributed by atoms with E-state index in [-0.39, 0.29) is 41.6 Å². The molecular weight excluding hydrogens is 506 g/mol. The summed E-state index contributed by atoms with van der Waals surface area (Å²) in [5.41, 5.74) is 7.94. The number of hydrogen-bond donors (Lipinski definition) is 4. The van der Waals surface area contributed by atoms with Gasteiger partial charge in [0.2, 0.25) is 10.0 Å². The van der Waals surface area contributed by atoms with E-state index in [1.807, 2.05) is 0 Å². The van der Waals surface area contributed by atoms with Gasteiger partial charge in [0.15, 0.2) is 5.25 Å². The van der Waals surface area contributed by atoms with Crippen LogP contribution in [0.5, 0.6) is 0 Å². The second-order valence-electron chi connectivity index (χ2n) is 8.86. The van der Waals surface area contributed by atoms with E-state index in [2.05, 4.69) is 9.71 Å². The highest BCUT2D eigenvalue weighted by molar-refractivity contribution is 7.94. The number of sulfonamides is 1.